The Hall–Kier alpha value is -2.05. The van der Waals surface area contributed by atoms with Crippen molar-refractivity contribution in [2.45, 2.75) is 19.4 Å². The van der Waals surface area contributed by atoms with Crippen LogP contribution in [0.1, 0.15) is 24.9 Å². The van der Waals surface area contributed by atoms with Crippen molar-refractivity contribution in [3.63, 3.8) is 0 Å². The summed E-state index contributed by atoms with van der Waals surface area (Å²) in [7, 11) is 0. The second-order valence-corrected chi connectivity index (χ2v) is 6.13. The van der Waals surface area contributed by atoms with Crippen LogP contribution in [0.25, 0.3) is 0 Å². The van der Waals surface area contributed by atoms with Crippen molar-refractivity contribution in [2.24, 2.45) is 0 Å². The van der Waals surface area contributed by atoms with Crippen LogP contribution in [0.5, 0.6) is 0 Å². The molecule has 2 N–H and O–H groups in total. The maximum absolute atomic E-state index is 12.8. The number of hydrogen-bond acceptors (Lipinski definition) is 3. The monoisotopic (exact) mass is 349 g/mol. The van der Waals surface area contributed by atoms with Gasteiger partial charge in [-0.25, -0.2) is 4.79 Å². The van der Waals surface area contributed by atoms with E-state index < -0.39 is 6.04 Å². The van der Waals surface area contributed by atoms with Gasteiger partial charge in [-0.05, 0) is 25.0 Å². The van der Waals surface area contributed by atoms with Crippen LogP contribution in [0.3, 0.4) is 0 Å². The van der Waals surface area contributed by atoms with Crippen LogP contribution in [0, 0.1) is 0 Å². The molecular weight excluding hydrogens is 330 g/mol. The maximum atomic E-state index is 12.8. The molecule has 0 saturated heterocycles. The van der Waals surface area contributed by atoms with E-state index in [-0.39, 0.29) is 11.9 Å². The van der Waals surface area contributed by atoms with Gasteiger partial charge in [0, 0.05) is 24.8 Å². The zero-order valence-electron chi connectivity index (χ0n) is 13.5. The van der Waals surface area contributed by atoms with E-state index in [1.807, 2.05) is 25.1 Å². The first-order valence-corrected chi connectivity index (χ1v) is 8.41. The molecule has 0 radical (unpaired) electrons. The highest BCUT2D eigenvalue weighted by Gasteiger charge is 2.40. The maximum Gasteiger partial charge on any atom is 0.319 e. The van der Waals surface area contributed by atoms with E-state index in [1.54, 1.807) is 11.0 Å². The highest BCUT2D eigenvalue weighted by Crippen LogP contribution is 2.35. The quantitative estimate of drug-likeness (QED) is 0.774. The van der Waals surface area contributed by atoms with Crippen LogP contribution in [-0.2, 0) is 9.53 Å². The number of amides is 3. The number of urea groups is 1. The summed E-state index contributed by atoms with van der Waals surface area (Å²) < 4.78 is 5.32. The van der Waals surface area contributed by atoms with Crippen molar-refractivity contribution in [1.82, 2.24) is 15.5 Å². The second kappa shape index (κ2) is 7.23. The molecule has 0 aliphatic carbocycles. The van der Waals surface area contributed by atoms with Crippen LogP contribution in [-0.4, -0.2) is 43.1 Å². The van der Waals surface area contributed by atoms with Crippen molar-refractivity contribution in [1.29, 1.82) is 0 Å². The highest BCUT2D eigenvalue weighted by atomic mass is 35.5. The lowest BCUT2D eigenvalue weighted by atomic mass is 9.96. The van der Waals surface area contributed by atoms with E-state index in [4.69, 9.17) is 16.3 Å². The second-order valence-electron chi connectivity index (χ2n) is 5.72. The van der Waals surface area contributed by atoms with Gasteiger partial charge in [-0.3, -0.25) is 4.79 Å². The Balaban J connectivity index is 1.80. The molecule has 0 spiro atoms. The third-order valence-electron chi connectivity index (χ3n) is 4.16. The molecule has 6 nitrogen and oxygen atoms in total. The molecule has 3 amide bonds. The van der Waals surface area contributed by atoms with Gasteiger partial charge in [-0.2, -0.15) is 0 Å². The van der Waals surface area contributed by atoms with Crippen molar-refractivity contribution in [3.8, 4) is 0 Å². The minimum Gasteiger partial charge on any atom is -0.382 e. The lowest BCUT2D eigenvalue weighted by Gasteiger charge is -2.26. The van der Waals surface area contributed by atoms with Crippen molar-refractivity contribution >= 4 is 23.5 Å². The van der Waals surface area contributed by atoms with Crippen LogP contribution in [0.4, 0.5) is 4.79 Å². The van der Waals surface area contributed by atoms with Crippen LogP contribution >= 0.6 is 11.6 Å². The molecule has 0 saturated carbocycles. The van der Waals surface area contributed by atoms with Crippen molar-refractivity contribution in [3.05, 3.63) is 46.1 Å². The summed E-state index contributed by atoms with van der Waals surface area (Å²) in [5.41, 5.74) is 1.95. The molecule has 1 unspecified atom stereocenters. The summed E-state index contributed by atoms with van der Waals surface area (Å²) in [5, 5.41) is 6.09. The predicted molar refractivity (Wildman–Crippen MR) is 90.6 cm³/mol. The summed E-state index contributed by atoms with van der Waals surface area (Å²) in [4.78, 5) is 26.5. The predicted octanol–water partition coefficient (Wildman–Crippen LogP) is 2.22. The number of rotatable bonds is 6. The molecule has 2 aliphatic heterocycles. The van der Waals surface area contributed by atoms with Gasteiger partial charge in [-0.15, -0.1) is 0 Å². The number of benzene rings is 1. The van der Waals surface area contributed by atoms with Gasteiger partial charge in [0.15, 0.2) is 0 Å². The third-order valence-corrected chi connectivity index (χ3v) is 4.50. The van der Waals surface area contributed by atoms with Gasteiger partial charge in [0.25, 0.3) is 5.91 Å². The molecule has 128 valence electrons. The van der Waals surface area contributed by atoms with Gasteiger partial charge in [0.05, 0.1) is 23.9 Å². The Morgan fingerprint density at radius 1 is 1.33 bits per heavy atom. The summed E-state index contributed by atoms with van der Waals surface area (Å²) in [6.45, 7) is 4.23. The first-order chi connectivity index (χ1) is 11.6. The summed E-state index contributed by atoms with van der Waals surface area (Å²) >= 11 is 6.26. The molecule has 0 fully saturated rings. The zero-order valence-corrected chi connectivity index (χ0v) is 14.2. The first-order valence-electron chi connectivity index (χ1n) is 8.03. The Kier molecular flexibility index (Phi) is 5.06. The first kappa shape index (κ1) is 16.8. The van der Waals surface area contributed by atoms with Gasteiger partial charge >= 0.3 is 6.03 Å². The largest absolute Gasteiger partial charge is 0.382 e. The number of nitrogens with zero attached hydrogens (tertiary/aromatic N) is 1. The molecule has 0 bridgehead atoms. The highest BCUT2D eigenvalue weighted by molar-refractivity contribution is 6.31. The normalized spacial score (nSPS) is 20.1. The molecule has 3 rings (SSSR count). The number of hydrogen-bond donors (Lipinski definition) is 2. The smallest absolute Gasteiger partial charge is 0.319 e. The average Bonchev–Trinajstić information content (AvgIpc) is 2.87. The lowest BCUT2D eigenvalue weighted by Crippen LogP contribution is -2.44. The van der Waals surface area contributed by atoms with E-state index >= 15 is 0 Å². The Labute approximate surface area is 145 Å². The zero-order chi connectivity index (χ0) is 17.1. The molecule has 2 aliphatic rings. The minimum atomic E-state index is -0.521. The number of carbonyl (C=O) groups excluding carboxylic acids is 2. The van der Waals surface area contributed by atoms with Crippen LogP contribution < -0.4 is 10.6 Å². The third kappa shape index (κ3) is 3.25. The average molecular weight is 350 g/mol. The summed E-state index contributed by atoms with van der Waals surface area (Å²) in [6.07, 6.45) is 0.762. The SMILES string of the molecule is CCOCCCN1CC2=C(C1=O)C(c1ccccc1Cl)NC(=O)N2. The van der Waals surface area contributed by atoms with E-state index in [2.05, 4.69) is 10.6 Å². The fraction of sp³-hybridized carbons (Fsp3) is 0.412. The van der Waals surface area contributed by atoms with E-state index in [0.29, 0.717) is 42.6 Å². The standard InChI is InChI=1S/C17H20ClN3O3/c1-2-24-9-5-8-21-10-13-14(16(21)22)15(20-17(23)19-13)11-6-3-4-7-12(11)18/h3-4,6-7,15H,2,5,8-10H2,1H3,(H2,19,20,23). The Bertz CT molecular complexity index is 689. The topological polar surface area (TPSA) is 70.7 Å². The Morgan fingerprint density at radius 2 is 2.12 bits per heavy atom. The van der Waals surface area contributed by atoms with Gasteiger partial charge in [0.1, 0.15) is 0 Å². The van der Waals surface area contributed by atoms with E-state index in [1.165, 1.54) is 0 Å². The number of carbonyl (C=O) groups is 2. The minimum absolute atomic E-state index is 0.0704. The number of ether oxygens (including phenoxy) is 1. The lowest BCUT2D eigenvalue weighted by molar-refractivity contribution is -0.126. The van der Waals surface area contributed by atoms with Gasteiger partial charge < -0.3 is 20.3 Å². The van der Waals surface area contributed by atoms with Gasteiger partial charge in [0.2, 0.25) is 0 Å². The summed E-state index contributed by atoms with van der Waals surface area (Å²) in [5.74, 6) is -0.0704. The van der Waals surface area contributed by atoms with Gasteiger partial charge in [-0.1, -0.05) is 29.8 Å². The molecule has 1 aromatic carbocycles. The fourth-order valence-electron chi connectivity index (χ4n) is 3.05. The number of nitrogens with one attached hydrogen (secondary N) is 2. The molecule has 24 heavy (non-hydrogen) atoms. The number of halogens is 1. The fourth-order valence-corrected chi connectivity index (χ4v) is 3.30. The summed E-state index contributed by atoms with van der Waals surface area (Å²) in [6, 6.07) is 6.41. The molecule has 2 heterocycles. The van der Waals surface area contributed by atoms with Crippen molar-refractivity contribution in [2.75, 3.05) is 26.3 Å². The molecule has 7 heteroatoms. The van der Waals surface area contributed by atoms with E-state index in [9.17, 15) is 9.59 Å². The molecule has 1 atom stereocenters. The van der Waals surface area contributed by atoms with Crippen LogP contribution in [0.15, 0.2) is 35.5 Å². The molecular formula is C17H20ClN3O3. The Morgan fingerprint density at radius 3 is 2.88 bits per heavy atom. The van der Waals surface area contributed by atoms with E-state index in [0.717, 1.165) is 12.0 Å². The van der Waals surface area contributed by atoms with Crippen molar-refractivity contribution < 1.29 is 14.3 Å². The molecule has 0 aromatic heterocycles. The molecule has 1 aromatic rings. The van der Waals surface area contributed by atoms with Crippen LogP contribution in [0.2, 0.25) is 5.02 Å².